The number of nitrogens with zero attached hydrogens (tertiary/aromatic N) is 4. The van der Waals surface area contributed by atoms with E-state index < -0.39 is 0 Å². The van der Waals surface area contributed by atoms with E-state index in [1.54, 1.807) is 18.1 Å². The molecule has 2 aromatic heterocycles. The van der Waals surface area contributed by atoms with E-state index in [0.717, 1.165) is 60.0 Å². The number of hydrogen-bond donors (Lipinski definition) is 1. The molecule has 24 heavy (non-hydrogen) atoms. The lowest BCUT2D eigenvalue weighted by Crippen LogP contribution is -2.35. The molecule has 1 N–H and O–H groups in total. The van der Waals surface area contributed by atoms with E-state index in [4.69, 9.17) is 0 Å². The summed E-state index contributed by atoms with van der Waals surface area (Å²) >= 11 is 1.65. The molecule has 7 heteroatoms. The van der Waals surface area contributed by atoms with Crippen LogP contribution in [-0.2, 0) is 4.79 Å². The third kappa shape index (κ3) is 3.00. The molecule has 6 nitrogen and oxygen atoms in total. The minimum Gasteiger partial charge on any atom is -0.346 e. The maximum absolute atomic E-state index is 12.9. The predicted molar refractivity (Wildman–Crippen MR) is 96.8 cm³/mol. The van der Waals surface area contributed by atoms with Crippen LogP contribution in [0, 0.1) is 0 Å². The molecular formula is C17H21N5OS. The minimum absolute atomic E-state index is 0.172. The van der Waals surface area contributed by atoms with Crippen LogP contribution in [0.1, 0.15) is 25.7 Å². The van der Waals surface area contributed by atoms with Crippen molar-refractivity contribution in [3.8, 4) is 0 Å². The van der Waals surface area contributed by atoms with Crippen molar-refractivity contribution in [3.63, 3.8) is 0 Å². The highest BCUT2D eigenvalue weighted by Gasteiger charge is 2.24. The van der Waals surface area contributed by atoms with Crippen LogP contribution in [0.25, 0.3) is 11.0 Å². The Morgan fingerprint density at radius 1 is 1.12 bits per heavy atom. The second-order valence-corrected chi connectivity index (χ2v) is 7.32. The number of rotatable bonds is 2. The highest BCUT2D eigenvalue weighted by atomic mass is 32.2. The minimum atomic E-state index is 0.172. The van der Waals surface area contributed by atoms with E-state index in [1.807, 2.05) is 23.4 Å². The van der Waals surface area contributed by atoms with Crippen LogP contribution >= 0.6 is 11.8 Å². The van der Waals surface area contributed by atoms with Crippen molar-refractivity contribution >= 4 is 34.5 Å². The molecule has 2 aliphatic rings. The summed E-state index contributed by atoms with van der Waals surface area (Å²) in [6.45, 7) is 2.61. The first-order valence-electron chi connectivity index (χ1n) is 8.51. The number of carbonyl (C=O) groups excluding carboxylic acids is 1. The van der Waals surface area contributed by atoms with Crippen LogP contribution in [0.4, 0.5) is 5.82 Å². The van der Waals surface area contributed by atoms with E-state index >= 15 is 0 Å². The number of fused-ring (bicyclic) bond motifs is 1. The Hall–Kier alpha value is -2.02. The lowest BCUT2D eigenvalue weighted by Gasteiger charge is -2.28. The molecule has 1 saturated heterocycles. The van der Waals surface area contributed by atoms with Crippen molar-refractivity contribution in [2.75, 3.05) is 30.3 Å². The average Bonchev–Trinajstić information content (AvgIpc) is 2.95. The fourth-order valence-corrected chi connectivity index (χ4v) is 4.26. The van der Waals surface area contributed by atoms with Gasteiger partial charge < -0.3 is 14.8 Å². The lowest BCUT2D eigenvalue weighted by atomic mass is 10.2. The Morgan fingerprint density at radius 2 is 1.96 bits per heavy atom. The summed E-state index contributed by atoms with van der Waals surface area (Å²) in [5, 5.41) is 0.988. The molecule has 0 unspecified atom stereocenters. The summed E-state index contributed by atoms with van der Waals surface area (Å²) in [4.78, 5) is 29.6. The number of aromatic amines is 1. The number of aromatic nitrogens is 3. The molecular weight excluding hydrogens is 322 g/mol. The normalized spacial score (nSPS) is 19.2. The summed E-state index contributed by atoms with van der Waals surface area (Å²) in [7, 11) is 0. The first kappa shape index (κ1) is 15.5. The fourth-order valence-electron chi connectivity index (χ4n) is 3.30. The zero-order valence-corrected chi connectivity index (χ0v) is 14.4. The molecule has 2 aromatic rings. The summed E-state index contributed by atoms with van der Waals surface area (Å²) in [6, 6.07) is 1.98. The maximum atomic E-state index is 12.9. The van der Waals surface area contributed by atoms with E-state index in [-0.39, 0.29) is 5.91 Å². The number of thioether (sulfide) groups is 1. The van der Waals surface area contributed by atoms with Crippen molar-refractivity contribution < 1.29 is 4.79 Å². The van der Waals surface area contributed by atoms with Crippen LogP contribution in [-0.4, -0.2) is 51.1 Å². The molecule has 4 rings (SSSR count). The molecule has 126 valence electrons. The van der Waals surface area contributed by atoms with Gasteiger partial charge in [0.05, 0.1) is 10.3 Å². The molecule has 0 spiro atoms. The van der Waals surface area contributed by atoms with Gasteiger partial charge in [0.2, 0.25) is 0 Å². The van der Waals surface area contributed by atoms with Crippen molar-refractivity contribution in [1.82, 2.24) is 19.9 Å². The number of amides is 1. The summed E-state index contributed by atoms with van der Waals surface area (Å²) < 4.78 is 0. The van der Waals surface area contributed by atoms with Crippen molar-refractivity contribution in [2.45, 2.75) is 25.7 Å². The van der Waals surface area contributed by atoms with Gasteiger partial charge in [-0.15, -0.1) is 11.8 Å². The zero-order valence-electron chi connectivity index (χ0n) is 13.6. The quantitative estimate of drug-likeness (QED) is 0.908. The van der Waals surface area contributed by atoms with E-state index in [1.165, 1.54) is 12.8 Å². The van der Waals surface area contributed by atoms with Gasteiger partial charge in [0.1, 0.15) is 17.8 Å². The van der Waals surface area contributed by atoms with Gasteiger partial charge in [0.25, 0.3) is 5.91 Å². The second-order valence-electron chi connectivity index (χ2n) is 6.18. The second kappa shape index (κ2) is 6.84. The van der Waals surface area contributed by atoms with Gasteiger partial charge in [-0.3, -0.25) is 4.79 Å². The van der Waals surface area contributed by atoms with Crippen LogP contribution in [0.3, 0.4) is 0 Å². The molecule has 0 aliphatic carbocycles. The first-order valence-corrected chi connectivity index (χ1v) is 9.50. The van der Waals surface area contributed by atoms with Gasteiger partial charge in [-0.1, -0.05) is 12.8 Å². The molecule has 0 atom stereocenters. The maximum Gasteiger partial charge on any atom is 0.261 e. The Balaban J connectivity index is 1.60. The molecule has 0 radical (unpaired) electrons. The van der Waals surface area contributed by atoms with Gasteiger partial charge >= 0.3 is 0 Å². The summed E-state index contributed by atoms with van der Waals surface area (Å²) in [6.07, 6.45) is 10.1. The molecule has 0 saturated carbocycles. The van der Waals surface area contributed by atoms with Crippen LogP contribution in [0.5, 0.6) is 0 Å². The van der Waals surface area contributed by atoms with E-state index in [9.17, 15) is 4.79 Å². The Bertz CT molecular complexity index is 763. The van der Waals surface area contributed by atoms with Gasteiger partial charge in [-0.25, -0.2) is 9.97 Å². The Kier molecular flexibility index (Phi) is 4.42. The third-order valence-electron chi connectivity index (χ3n) is 4.57. The van der Waals surface area contributed by atoms with Gasteiger partial charge in [-0.2, -0.15) is 0 Å². The number of nitrogens with one attached hydrogen (secondary N) is 1. The highest BCUT2D eigenvalue weighted by molar-refractivity contribution is 8.04. The number of H-pyrrole nitrogens is 1. The molecule has 4 heterocycles. The monoisotopic (exact) mass is 343 g/mol. The van der Waals surface area contributed by atoms with E-state index in [0.29, 0.717) is 0 Å². The Morgan fingerprint density at radius 3 is 2.79 bits per heavy atom. The Labute approximate surface area is 145 Å². The smallest absolute Gasteiger partial charge is 0.261 e. The standard InChI is InChI=1S/C17H21N5OS/c23-17(21-7-3-1-2-4-8-21)14-11-22(9-10-24-14)16-13-5-6-18-15(13)19-12-20-16/h5-6,11-12H,1-4,7-10H2,(H,18,19,20). The molecule has 1 amide bonds. The topological polar surface area (TPSA) is 65.1 Å². The van der Waals surface area contributed by atoms with Gasteiger partial charge in [-0.05, 0) is 18.9 Å². The number of carbonyl (C=O) groups is 1. The first-order chi connectivity index (χ1) is 11.8. The van der Waals surface area contributed by atoms with Crippen LogP contribution in [0.2, 0.25) is 0 Å². The number of anilines is 1. The average molecular weight is 343 g/mol. The van der Waals surface area contributed by atoms with Gasteiger partial charge in [0.15, 0.2) is 0 Å². The molecule has 2 aliphatic heterocycles. The SMILES string of the molecule is O=C(C1=CN(c2ncnc3[nH]ccc23)CCS1)N1CCCCCC1. The zero-order chi connectivity index (χ0) is 16.4. The predicted octanol–water partition coefficient (Wildman–Crippen LogP) is 2.76. The van der Waals surface area contributed by atoms with E-state index in [2.05, 4.69) is 19.9 Å². The van der Waals surface area contributed by atoms with Crippen molar-refractivity contribution in [1.29, 1.82) is 0 Å². The molecule has 0 bridgehead atoms. The summed E-state index contributed by atoms with van der Waals surface area (Å²) in [5.74, 6) is 1.93. The summed E-state index contributed by atoms with van der Waals surface area (Å²) in [5.41, 5.74) is 0.826. The lowest BCUT2D eigenvalue weighted by molar-refractivity contribution is -0.126. The molecule has 0 aromatic carbocycles. The van der Waals surface area contributed by atoms with Gasteiger partial charge in [0, 0.05) is 37.8 Å². The third-order valence-corrected chi connectivity index (χ3v) is 5.55. The largest absolute Gasteiger partial charge is 0.346 e. The van der Waals surface area contributed by atoms with Crippen molar-refractivity contribution in [3.05, 3.63) is 29.7 Å². The molecule has 1 fully saturated rings. The highest BCUT2D eigenvalue weighted by Crippen LogP contribution is 2.30. The number of hydrogen-bond acceptors (Lipinski definition) is 5. The van der Waals surface area contributed by atoms with Crippen LogP contribution < -0.4 is 4.90 Å². The van der Waals surface area contributed by atoms with Crippen LogP contribution in [0.15, 0.2) is 29.7 Å². The number of likely N-dealkylation sites (tertiary alicyclic amines) is 1. The van der Waals surface area contributed by atoms with Crippen molar-refractivity contribution in [2.24, 2.45) is 0 Å². The fraction of sp³-hybridized carbons (Fsp3) is 0.471.